The molecule has 0 bridgehead atoms. The molecule has 0 unspecified atom stereocenters. The Bertz CT molecular complexity index is 1300. The van der Waals surface area contributed by atoms with E-state index in [-0.39, 0.29) is 11.3 Å². The Labute approximate surface area is 226 Å². The average Bonchev–Trinajstić information content (AvgIpc) is 3.13. The van der Waals surface area contributed by atoms with E-state index < -0.39 is 17.7 Å². The van der Waals surface area contributed by atoms with E-state index in [1.54, 1.807) is 17.0 Å². The monoisotopic (exact) mass is 562 g/mol. The predicted octanol–water partition coefficient (Wildman–Crippen LogP) is 5.71. The molecule has 1 heterocycles. The van der Waals surface area contributed by atoms with Crippen LogP contribution in [0.15, 0.2) is 82.8 Å². The number of hydrogen-bond donors (Lipinski definition) is 1. The molecule has 1 aliphatic rings. The number of benzene rings is 3. The van der Waals surface area contributed by atoms with Crippen LogP contribution >= 0.6 is 15.9 Å². The zero-order valence-electron chi connectivity index (χ0n) is 21.3. The van der Waals surface area contributed by atoms with Crippen LogP contribution in [0.5, 0.6) is 5.75 Å². The zero-order valence-corrected chi connectivity index (χ0v) is 22.9. The van der Waals surface area contributed by atoms with E-state index in [0.717, 1.165) is 27.7 Å². The first-order valence-corrected chi connectivity index (χ1v) is 13.0. The fourth-order valence-electron chi connectivity index (χ4n) is 4.54. The molecule has 0 aromatic heterocycles. The lowest BCUT2D eigenvalue weighted by atomic mass is 9.94. The van der Waals surface area contributed by atoms with Crippen molar-refractivity contribution in [1.82, 2.24) is 9.80 Å². The summed E-state index contributed by atoms with van der Waals surface area (Å²) in [7, 11) is 3.94. The van der Waals surface area contributed by atoms with Crippen molar-refractivity contribution < 1.29 is 19.4 Å². The highest BCUT2D eigenvalue weighted by Crippen LogP contribution is 2.40. The molecule has 1 saturated heterocycles. The summed E-state index contributed by atoms with van der Waals surface area (Å²) in [6.07, 6.45) is 0.708. The average molecular weight is 563 g/mol. The molecule has 0 saturated carbocycles. The Morgan fingerprint density at radius 2 is 1.73 bits per heavy atom. The van der Waals surface area contributed by atoms with E-state index in [1.807, 2.05) is 86.6 Å². The van der Waals surface area contributed by atoms with Crippen molar-refractivity contribution in [1.29, 1.82) is 0 Å². The first-order chi connectivity index (χ1) is 17.8. The molecule has 4 rings (SSSR count). The molecule has 192 valence electrons. The summed E-state index contributed by atoms with van der Waals surface area (Å²) in [5, 5.41) is 11.4. The van der Waals surface area contributed by atoms with Gasteiger partial charge in [0.2, 0.25) is 0 Å². The molecule has 0 spiro atoms. The number of amides is 1. The normalized spacial score (nSPS) is 17.0. The number of ether oxygens (including phenoxy) is 1. The van der Waals surface area contributed by atoms with Crippen molar-refractivity contribution in [2.45, 2.75) is 26.0 Å². The van der Waals surface area contributed by atoms with Crippen LogP contribution in [0.25, 0.3) is 5.76 Å². The van der Waals surface area contributed by atoms with Gasteiger partial charge in [0, 0.05) is 16.6 Å². The van der Waals surface area contributed by atoms with Crippen molar-refractivity contribution in [3.63, 3.8) is 0 Å². The Kier molecular flexibility index (Phi) is 8.46. The molecular weight excluding hydrogens is 532 g/mol. The number of carbonyl (C=O) groups is 2. The van der Waals surface area contributed by atoms with Gasteiger partial charge >= 0.3 is 0 Å². The van der Waals surface area contributed by atoms with Crippen LogP contribution in [0.1, 0.15) is 34.7 Å². The summed E-state index contributed by atoms with van der Waals surface area (Å²) in [6, 6.07) is 22.0. The van der Waals surface area contributed by atoms with Gasteiger partial charge in [0.05, 0.1) is 11.6 Å². The SMILES string of the molecule is Cc1cc(OCc2ccccc2)ccc1/C(O)=C1\C(=O)C(=O)N(CCCN(C)C)[C@@H]1c1ccc(Br)cc1. The molecule has 1 atom stereocenters. The number of halogens is 1. The fourth-order valence-corrected chi connectivity index (χ4v) is 4.80. The summed E-state index contributed by atoms with van der Waals surface area (Å²) < 4.78 is 6.81. The number of aliphatic hydroxyl groups is 1. The van der Waals surface area contributed by atoms with Gasteiger partial charge in [0.15, 0.2) is 0 Å². The van der Waals surface area contributed by atoms with E-state index in [2.05, 4.69) is 15.9 Å². The van der Waals surface area contributed by atoms with Gasteiger partial charge in [0.25, 0.3) is 11.7 Å². The lowest BCUT2D eigenvalue weighted by Gasteiger charge is -2.26. The number of aliphatic hydroxyl groups excluding tert-OH is 1. The summed E-state index contributed by atoms with van der Waals surface area (Å²) in [5.41, 5.74) is 3.18. The number of rotatable bonds is 9. The number of nitrogens with zero attached hydrogens (tertiary/aromatic N) is 2. The second-order valence-corrected chi connectivity index (χ2v) is 10.4. The van der Waals surface area contributed by atoms with Gasteiger partial charge in [-0.1, -0.05) is 58.4 Å². The third kappa shape index (κ3) is 6.12. The van der Waals surface area contributed by atoms with Crippen LogP contribution in [0.2, 0.25) is 0 Å². The second-order valence-electron chi connectivity index (χ2n) is 9.45. The minimum absolute atomic E-state index is 0.109. The number of aryl methyl sites for hydroxylation is 1. The Balaban J connectivity index is 1.68. The van der Waals surface area contributed by atoms with Gasteiger partial charge in [-0.05, 0) is 81.0 Å². The molecule has 3 aromatic carbocycles. The van der Waals surface area contributed by atoms with Crippen LogP contribution in [0.3, 0.4) is 0 Å². The quantitative estimate of drug-likeness (QED) is 0.205. The highest BCUT2D eigenvalue weighted by Gasteiger charge is 2.45. The van der Waals surface area contributed by atoms with Gasteiger partial charge < -0.3 is 19.6 Å². The molecule has 1 fully saturated rings. The summed E-state index contributed by atoms with van der Waals surface area (Å²) in [6.45, 7) is 3.46. The molecule has 0 radical (unpaired) electrons. The maximum Gasteiger partial charge on any atom is 0.295 e. The molecule has 6 nitrogen and oxygen atoms in total. The van der Waals surface area contributed by atoms with Gasteiger partial charge in [-0.25, -0.2) is 0 Å². The number of ketones is 1. The largest absolute Gasteiger partial charge is 0.507 e. The zero-order chi connectivity index (χ0) is 26.5. The van der Waals surface area contributed by atoms with Crippen molar-refractivity contribution >= 4 is 33.4 Å². The van der Waals surface area contributed by atoms with E-state index in [1.165, 1.54) is 0 Å². The van der Waals surface area contributed by atoms with Crippen LogP contribution in [-0.2, 0) is 16.2 Å². The summed E-state index contributed by atoms with van der Waals surface area (Å²) in [4.78, 5) is 30.0. The van der Waals surface area contributed by atoms with Gasteiger partial charge in [-0.3, -0.25) is 9.59 Å². The molecule has 1 aliphatic heterocycles. The Morgan fingerprint density at radius 3 is 2.38 bits per heavy atom. The number of likely N-dealkylation sites (tertiary alicyclic amines) is 1. The smallest absolute Gasteiger partial charge is 0.295 e. The molecule has 3 aromatic rings. The summed E-state index contributed by atoms with van der Waals surface area (Å²) >= 11 is 3.45. The molecule has 7 heteroatoms. The lowest BCUT2D eigenvalue weighted by molar-refractivity contribution is -0.139. The van der Waals surface area contributed by atoms with Crippen LogP contribution in [-0.4, -0.2) is 53.8 Å². The molecule has 1 N–H and O–H groups in total. The number of Topliss-reactive ketones (excluding diaryl/α,β-unsaturated/α-hetero) is 1. The van der Waals surface area contributed by atoms with Crippen molar-refractivity contribution in [2.75, 3.05) is 27.2 Å². The first kappa shape index (κ1) is 26.6. The van der Waals surface area contributed by atoms with E-state index >= 15 is 0 Å². The maximum atomic E-state index is 13.3. The number of carbonyl (C=O) groups excluding carboxylic acids is 2. The maximum absolute atomic E-state index is 13.3. The van der Waals surface area contributed by atoms with Crippen molar-refractivity contribution in [2.24, 2.45) is 0 Å². The molecule has 1 amide bonds. The van der Waals surface area contributed by atoms with Crippen molar-refractivity contribution in [3.8, 4) is 5.75 Å². The van der Waals surface area contributed by atoms with Crippen LogP contribution in [0, 0.1) is 6.92 Å². The minimum atomic E-state index is -0.668. The van der Waals surface area contributed by atoms with Crippen molar-refractivity contribution in [3.05, 3.63) is 105 Å². The highest BCUT2D eigenvalue weighted by atomic mass is 79.9. The molecule has 37 heavy (non-hydrogen) atoms. The predicted molar refractivity (Wildman–Crippen MR) is 148 cm³/mol. The van der Waals surface area contributed by atoms with Gasteiger partial charge in [-0.15, -0.1) is 0 Å². The molecule has 0 aliphatic carbocycles. The highest BCUT2D eigenvalue weighted by molar-refractivity contribution is 9.10. The first-order valence-electron chi connectivity index (χ1n) is 12.2. The second kappa shape index (κ2) is 11.8. The third-order valence-corrected chi connectivity index (χ3v) is 6.96. The van der Waals surface area contributed by atoms with Crippen LogP contribution in [0.4, 0.5) is 0 Å². The van der Waals surface area contributed by atoms with E-state index in [9.17, 15) is 14.7 Å². The molecular formula is C30H31BrN2O4. The lowest BCUT2D eigenvalue weighted by Crippen LogP contribution is -2.32. The summed E-state index contributed by atoms with van der Waals surface area (Å²) in [5.74, 6) is -0.771. The van der Waals surface area contributed by atoms with E-state index in [0.29, 0.717) is 30.9 Å². The van der Waals surface area contributed by atoms with E-state index in [4.69, 9.17) is 4.74 Å². The van der Waals surface area contributed by atoms with Crippen LogP contribution < -0.4 is 4.74 Å². The fraction of sp³-hybridized carbons (Fsp3) is 0.267. The Morgan fingerprint density at radius 1 is 1.03 bits per heavy atom. The van der Waals surface area contributed by atoms with Gasteiger partial charge in [0.1, 0.15) is 18.1 Å². The standard InChI is InChI=1S/C30H31BrN2O4/c1-20-18-24(37-19-21-8-5-4-6-9-21)14-15-25(20)28(34)26-27(22-10-12-23(31)13-11-22)33(30(36)29(26)35)17-7-16-32(2)3/h4-6,8-15,18,27,34H,7,16-17,19H2,1-3H3/b28-26+/t27-/m1/s1. The topological polar surface area (TPSA) is 70.1 Å². The minimum Gasteiger partial charge on any atom is -0.507 e. The van der Waals surface area contributed by atoms with Gasteiger partial charge in [-0.2, -0.15) is 0 Å². The Hall–Kier alpha value is -3.42. The third-order valence-electron chi connectivity index (χ3n) is 6.43. The number of hydrogen-bond acceptors (Lipinski definition) is 5.